The molecular formula is C15H12F6N4O3. The number of rotatable bonds is 6. The molecule has 0 radical (unpaired) electrons. The number of halogens is 6. The summed E-state index contributed by atoms with van der Waals surface area (Å²) in [4.78, 5) is 18.4. The van der Waals surface area contributed by atoms with Crippen molar-refractivity contribution in [3.63, 3.8) is 0 Å². The first-order chi connectivity index (χ1) is 12.9. The predicted octanol–water partition coefficient (Wildman–Crippen LogP) is 4.50. The van der Waals surface area contributed by atoms with Gasteiger partial charge in [-0.05, 0) is 13.0 Å². The molecule has 7 nitrogen and oxygen atoms in total. The molecule has 13 heteroatoms. The van der Waals surface area contributed by atoms with Gasteiger partial charge in [-0.15, -0.1) is 0 Å². The third-order valence-corrected chi connectivity index (χ3v) is 3.33. The number of alkyl halides is 6. The van der Waals surface area contributed by atoms with Gasteiger partial charge in [0.1, 0.15) is 5.56 Å². The highest BCUT2D eigenvalue weighted by atomic mass is 19.4. The summed E-state index contributed by atoms with van der Waals surface area (Å²) in [6, 6.07) is 5.07. The van der Waals surface area contributed by atoms with Crippen molar-refractivity contribution in [2.75, 3.05) is 18.1 Å². The third kappa shape index (κ3) is 5.20. The molecule has 0 amide bonds. The maximum Gasteiger partial charge on any atom is 0.423 e. The van der Waals surface area contributed by atoms with Gasteiger partial charge in [0, 0.05) is 24.9 Å². The molecule has 2 aromatic rings. The SMILES string of the molecule is CCN(c1cccc([N+](=O)[O-])c1)c1ncc(C(F)(F)F)c(OCC(F)(F)F)n1. The van der Waals surface area contributed by atoms with Gasteiger partial charge in [0.25, 0.3) is 5.69 Å². The van der Waals surface area contributed by atoms with Crippen molar-refractivity contribution in [3.05, 3.63) is 46.1 Å². The van der Waals surface area contributed by atoms with E-state index in [9.17, 15) is 36.5 Å². The highest BCUT2D eigenvalue weighted by Crippen LogP contribution is 2.37. The number of benzene rings is 1. The molecule has 0 aliphatic heterocycles. The first kappa shape index (κ1) is 21.2. The zero-order valence-electron chi connectivity index (χ0n) is 14.1. The Hall–Kier alpha value is -3.12. The van der Waals surface area contributed by atoms with E-state index in [1.807, 2.05) is 0 Å². The highest BCUT2D eigenvalue weighted by molar-refractivity contribution is 5.61. The van der Waals surface area contributed by atoms with Gasteiger partial charge >= 0.3 is 12.4 Å². The van der Waals surface area contributed by atoms with E-state index in [0.717, 1.165) is 6.07 Å². The van der Waals surface area contributed by atoms with E-state index in [2.05, 4.69) is 14.7 Å². The average Bonchev–Trinajstić information content (AvgIpc) is 2.59. The number of hydrogen-bond donors (Lipinski definition) is 0. The Morgan fingerprint density at radius 1 is 1.21 bits per heavy atom. The fourth-order valence-corrected chi connectivity index (χ4v) is 2.16. The zero-order chi connectivity index (χ0) is 21.1. The molecule has 0 atom stereocenters. The Labute approximate surface area is 153 Å². The van der Waals surface area contributed by atoms with E-state index in [-0.39, 0.29) is 17.9 Å². The lowest BCUT2D eigenvalue weighted by Gasteiger charge is -2.22. The van der Waals surface area contributed by atoms with Crippen LogP contribution in [0, 0.1) is 10.1 Å². The lowest BCUT2D eigenvalue weighted by molar-refractivity contribution is -0.384. The number of nitro benzene ring substituents is 1. The lowest BCUT2D eigenvalue weighted by atomic mass is 10.2. The van der Waals surface area contributed by atoms with Gasteiger partial charge in [-0.1, -0.05) is 6.07 Å². The number of anilines is 2. The molecule has 0 aliphatic rings. The molecule has 0 unspecified atom stereocenters. The van der Waals surface area contributed by atoms with E-state index >= 15 is 0 Å². The van der Waals surface area contributed by atoms with Crippen LogP contribution in [0.2, 0.25) is 0 Å². The summed E-state index contributed by atoms with van der Waals surface area (Å²) >= 11 is 0. The van der Waals surface area contributed by atoms with Gasteiger partial charge < -0.3 is 9.64 Å². The van der Waals surface area contributed by atoms with Gasteiger partial charge in [0.15, 0.2) is 6.61 Å². The largest absolute Gasteiger partial charge is 0.467 e. The van der Waals surface area contributed by atoms with Gasteiger partial charge in [0.2, 0.25) is 11.8 Å². The van der Waals surface area contributed by atoms with E-state index in [4.69, 9.17) is 0 Å². The van der Waals surface area contributed by atoms with Crippen molar-refractivity contribution < 1.29 is 36.0 Å². The molecule has 152 valence electrons. The molecule has 1 aromatic heterocycles. The summed E-state index contributed by atoms with van der Waals surface area (Å²) in [6.45, 7) is -0.364. The molecule has 2 rings (SSSR count). The Kier molecular flexibility index (Phi) is 5.95. The molecule has 1 aromatic carbocycles. The Morgan fingerprint density at radius 2 is 1.89 bits per heavy atom. The zero-order valence-corrected chi connectivity index (χ0v) is 14.1. The Bertz CT molecular complexity index is 856. The second-order valence-corrected chi connectivity index (χ2v) is 5.31. The minimum Gasteiger partial charge on any atom is -0.467 e. The van der Waals surface area contributed by atoms with E-state index in [1.165, 1.54) is 23.1 Å². The minimum atomic E-state index is -5.04. The van der Waals surface area contributed by atoms with Crippen LogP contribution in [0.4, 0.5) is 43.7 Å². The summed E-state index contributed by atoms with van der Waals surface area (Å²) in [6.07, 6.45) is -9.62. The summed E-state index contributed by atoms with van der Waals surface area (Å²) < 4.78 is 80.4. The van der Waals surface area contributed by atoms with Crippen molar-refractivity contribution in [1.29, 1.82) is 0 Å². The van der Waals surface area contributed by atoms with Crippen LogP contribution in [0.3, 0.4) is 0 Å². The average molecular weight is 410 g/mol. The fourth-order valence-electron chi connectivity index (χ4n) is 2.16. The number of hydrogen-bond acceptors (Lipinski definition) is 6. The number of ether oxygens (including phenoxy) is 1. The lowest BCUT2D eigenvalue weighted by Crippen LogP contribution is -2.24. The molecule has 0 N–H and O–H groups in total. The molecule has 28 heavy (non-hydrogen) atoms. The van der Waals surface area contributed by atoms with Gasteiger partial charge in [-0.2, -0.15) is 31.3 Å². The molecule has 0 bridgehead atoms. The van der Waals surface area contributed by atoms with Crippen LogP contribution in [-0.4, -0.2) is 34.2 Å². The normalized spacial score (nSPS) is 12.0. The molecule has 0 spiro atoms. The monoisotopic (exact) mass is 410 g/mol. The smallest absolute Gasteiger partial charge is 0.423 e. The molecule has 0 aliphatic carbocycles. The van der Waals surface area contributed by atoms with Crippen LogP contribution < -0.4 is 9.64 Å². The standard InChI is InChI=1S/C15H12F6N4O3/c1-2-24(9-4-3-5-10(6-9)25(26)27)13-22-7-11(15(19,20)21)12(23-13)28-8-14(16,17)18/h3-7H,2,8H2,1H3. The van der Waals surface area contributed by atoms with Gasteiger partial charge in [-0.25, -0.2) is 4.98 Å². The predicted molar refractivity (Wildman–Crippen MR) is 84.4 cm³/mol. The quantitative estimate of drug-likeness (QED) is 0.396. The van der Waals surface area contributed by atoms with Crippen LogP contribution >= 0.6 is 0 Å². The van der Waals surface area contributed by atoms with Crippen molar-refractivity contribution in [1.82, 2.24) is 9.97 Å². The summed E-state index contributed by atoms with van der Waals surface area (Å²) in [7, 11) is 0. The summed E-state index contributed by atoms with van der Waals surface area (Å²) in [5, 5.41) is 10.9. The highest BCUT2D eigenvalue weighted by Gasteiger charge is 2.38. The van der Waals surface area contributed by atoms with Crippen LogP contribution in [0.1, 0.15) is 12.5 Å². The number of non-ortho nitro benzene ring substituents is 1. The van der Waals surface area contributed by atoms with Crippen molar-refractivity contribution in [3.8, 4) is 5.88 Å². The fraction of sp³-hybridized carbons (Fsp3) is 0.333. The summed E-state index contributed by atoms with van der Waals surface area (Å²) in [5.74, 6) is -1.70. The van der Waals surface area contributed by atoms with Crippen molar-refractivity contribution in [2.24, 2.45) is 0 Å². The van der Waals surface area contributed by atoms with E-state index in [0.29, 0.717) is 6.20 Å². The van der Waals surface area contributed by atoms with Gasteiger partial charge in [-0.3, -0.25) is 10.1 Å². The van der Waals surface area contributed by atoms with Gasteiger partial charge in [0.05, 0.1) is 10.6 Å². The molecular weight excluding hydrogens is 398 g/mol. The van der Waals surface area contributed by atoms with Crippen LogP contribution in [-0.2, 0) is 6.18 Å². The van der Waals surface area contributed by atoms with E-state index < -0.39 is 41.3 Å². The second-order valence-electron chi connectivity index (χ2n) is 5.31. The maximum absolute atomic E-state index is 13.0. The Morgan fingerprint density at radius 3 is 2.43 bits per heavy atom. The molecule has 1 heterocycles. The first-order valence-electron chi connectivity index (χ1n) is 7.58. The van der Waals surface area contributed by atoms with Crippen LogP contribution in [0.25, 0.3) is 0 Å². The van der Waals surface area contributed by atoms with Crippen LogP contribution in [0.15, 0.2) is 30.5 Å². The number of aromatic nitrogens is 2. The first-order valence-corrected chi connectivity index (χ1v) is 7.58. The maximum atomic E-state index is 13.0. The van der Waals surface area contributed by atoms with E-state index in [1.54, 1.807) is 6.92 Å². The molecule has 0 fully saturated rings. The van der Waals surface area contributed by atoms with Crippen molar-refractivity contribution in [2.45, 2.75) is 19.3 Å². The molecule has 0 saturated heterocycles. The number of nitrogens with zero attached hydrogens (tertiary/aromatic N) is 4. The third-order valence-electron chi connectivity index (χ3n) is 3.33. The van der Waals surface area contributed by atoms with Crippen LogP contribution in [0.5, 0.6) is 5.88 Å². The Balaban J connectivity index is 2.48. The second kappa shape index (κ2) is 7.86. The van der Waals surface area contributed by atoms with Crippen molar-refractivity contribution >= 4 is 17.3 Å². The molecule has 0 saturated carbocycles. The minimum absolute atomic E-state index is 0.0608. The topological polar surface area (TPSA) is 81.4 Å². The number of nitro groups is 1. The summed E-state index contributed by atoms with van der Waals surface area (Å²) in [5.41, 5.74) is -1.70.